The summed E-state index contributed by atoms with van der Waals surface area (Å²) in [5.74, 6) is -0.0313. The Balaban J connectivity index is 1.47. The second kappa shape index (κ2) is 6.12. The lowest BCUT2D eigenvalue weighted by atomic mass is 9.89. The van der Waals surface area contributed by atoms with Crippen molar-refractivity contribution in [1.82, 2.24) is 25.2 Å². The van der Waals surface area contributed by atoms with Gasteiger partial charge in [0, 0.05) is 24.6 Å². The number of benzene rings is 1. The van der Waals surface area contributed by atoms with Crippen LogP contribution in [0.3, 0.4) is 0 Å². The molecular weight excluding hydrogens is 323 g/mol. The van der Waals surface area contributed by atoms with E-state index in [1.165, 1.54) is 12.1 Å². The van der Waals surface area contributed by atoms with E-state index in [9.17, 15) is 9.18 Å². The number of carbonyl (C=O) groups excluding carboxylic acids is 1. The SMILES string of the molecule is Cc1cc(F)ccc1-n1ccc(NC(=O)[C@H]2CCc3n[nH]nc3C2)n1. The highest BCUT2D eigenvalue weighted by atomic mass is 19.1. The number of amides is 1. The molecule has 25 heavy (non-hydrogen) atoms. The lowest BCUT2D eigenvalue weighted by molar-refractivity contribution is -0.120. The van der Waals surface area contributed by atoms with Crippen LogP contribution in [0.4, 0.5) is 10.2 Å². The van der Waals surface area contributed by atoms with Gasteiger partial charge in [-0.2, -0.15) is 20.5 Å². The van der Waals surface area contributed by atoms with E-state index in [0.29, 0.717) is 12.2 Å². The summed E-state index contributed by atoms with van der Waals surface area (Å²) in [4.78, 5) is 12.5. The fourth-order valence-corrected chi connectivity index (χ4v) is 3.14. The lowest BCUT2D eigenvalue weighted by Crippen LogP contribution is -2.28. The van der Waals surface area contributed by atoms with E-state index in [2.05, 4.69) is 25.8 Å². The molecule has 7 nitrogen and oxygen atoms in total. The van der Waals surface area contributed by atoms with Gasteiger partial charge in [0.1, 0.15) is 5.82 Å². The van der Waals surface area contributed by atoms with Crippen molar-refractivity contribution in [2.45, 2.75) is 26.2 Å². The van der Waals surface area contributed by atoms with Gasteiger partial charge in [-0.15, -0.1) is 0 Å². The topological polar surface area (TPSA) is 88.5 Å². The molecule has 0 fully saturated rings. The van der Waals surface area contributed by atoms with Crippen molar-refractivity contribution in [1.29, 1.82) is 0 Å². The van der Waals surface area contributed by atoms with E-state index in [1.54, 1.807) is 23.0 Å². The molecule has 128 valence electrons. The second-order valence-electron chi connectivity index (χ2n) is 6.22. The van der Waals surface area contributed by atoms with Crippen LogP contribution in [0.5, 0.6) is 0 Å². The minimum atomic E-state index is -0.286. The van der Waals surface area contributed by atoms with Crippen LogP contribution in [-0.2, 0) is 17.6 Å². The number of aromatic amines is 1. The van der Waals surface area contributed by atoms with Gasteiger partial charge in [-0.1, -0.05) is 0 Å². The van der Waals surface area contributed by atoms with Gasteiger partial charge in [0.15, 0.2) is 5.82 Å². The van der Waals surface area contributed by atoms with E-state index in [1.807, 2.05) is 6.92 Å². The maximum atomic E-state index is 13.2. The van der Waals surface area contributed by atoms with Crippen LogP contribution in [-0.4, -0.2) is 31.1 Å². The summed E-state index contributed by atoms with van der Waals surface area (Å²) in [5, 5.41) is 18.0. The van der Waals surface area contributed by atoms with Crippen molar-refractivity contribution in [3.63, 3.8) is 0 Å². The zero-order valence-corrected chi connectivity index (χ0v) is 13.7. The molecule has 2 aromatic heterocycles. The summed E-state index contributed by atoms with van der Waals surface area (Å²) in [6.45, 7) is 1.82. The van der Waals surface area contributed by atoms with Crippen molar-refractivity contribution >= 4 is 11.7 Å². The van der Waals surface area contributed by atoms with Crippen LogP contribution in [0.1, 0.15) is 23.4 Å². The fourth-order valence-electron chi connectivity index (χ4n) is 3.14. The zero-order valence-electron chi connectivity index (χ0n) is 13.7. The lowest BCUT2D eigenvalue weighted by Gasteiger charge is -2.18. The van der Waals surface area contributed by atoms with E-state index in [-0.39, 0.29) is 17.6 Å². The minimum Gasteiger partial charge on any atom is -0.309 e. The average molecular weight is 340 g/mol. The number of nitrogens with zero attached hydrogens (tertiary/aromatic N) is 4. The largest absolute Gasteiger partial charge is 0.309 e. The fraction of sp³-hybridized carbons (Fsp3) is 0.294. The first kappa shape index (κ1) is 15.5. The summed E-state index contributed by atoms with van der Waals surface area (Å²) in [6, 6.07) is 6.23. The zero-order chi connectivity index (χ0) is 17.4. The van der Waals surface area contributed by atoms with Gasteiger partial charge in [-0.25, -0.2) is 9.07 Å². The van der Waals surface area contributed by atoms with Crippen LogP contribution in [0.15, 0.2) is 30.5 Å². The molecule has 0 unspecified atom stereocenters. The number of nitrogens with one attached hydrogen (secondary N) is 2. The van der Waals surface area contributed by atoms with Crippen molar-refractivity contribution in [3.05, 3.63) is 53.2 Å². The van der Waals surface area contributed by atoms with Gasteiger partial charge in [-0.3, -0.25) is 4.79 Å². The highest BCUT2D eigenvalue weighted by Crippen LogP contribution is 2.23. The quantitative estimate of drug-likeness (QED) is 0.765. The predicted octanol–water partition coefficient (Wildman–Crippen LogP) is 2.18. The van der Waals surface area contributed by atoms with Crippen LogP contribution < -0.4 is 5.32 Å². The Morgan fingerprint density at radius 3 is 3.00 bits per heavy atom. The molecule has 0 saturated heterocycles. The Labute approximate surface area is 143 Å². The Morgan fingerprint density at radius 1 is 1.32 bits per heavy atom. The number of hydrogen-bond acceptors (Lipinski definition) is 4. The number of fused-ring (bicyclic) bond motifs is 1. The molecule has 0 saturated carbocycles. The Bertz CT molecular complexity index is 931. The van der Waals surface area contributed by atoms with Gasteiger partial charge in [-0.05, 0) is 43.5 Å². The van der Waals surface area contributed by atoms with Gasteiger partial charge in [0.25, 0.3) is 0 Å². The highest BCUT2D eigenvalue weighted by Gasteiger charge is 2.27. The molecular formula is C17H17FN6O. The first-order valence-electron chi connectivity index (χ1n) is 8.12. The molecule has 0 aliphatic heterocycles. The number of rotatable bonds is 3. The van der Waals surface area contributed by atoms with E-state index in [4.69, 9.17) is 0 Å². The third-order valence-electron chi connectivity index (χ3n) is 4.49. The van der Waals surface area contributed by atoms with Crippen LogP contribution in [0, 0.1) is 18.7 Å². The summed E-state index contributed by atoms with van der Waals surface area (Å²) < 4.78 is 14.9. The summed E-state index contributed by atoms with van der Waals surface area (Å²) in [6.07, 6.45) is 3.80. The molecule has 4 rings (SSSR count). The molecule has 0 spiro atoms. The summed E-state index contributed by atoms with van der Waals surface area (Å²) in [7, 11) is 0. The molecule has 1 aromatic carbocycles. The van der Waals surface area contributed by atoms with Crippen LogP contribution >= 0.6 is 0 Å². The molecule has 0 radical (unpaired) electrons. The number of hydrogen-bond donors (Lipinski definition) is 2. The minimum absolute atomic E-state index is 0.0743. The molecule has 2 N–H and O–H groups in total. The third kappa shape index (κ3) is 3.02. The van der Waals surface area contributed by atoms with E-state index in [0.717, 1.165) is 35.5 Å². The normalized spacial score (nSPS) is 16.5. The maximum Gasteiger partial charge on any atom is 0.229 e. The molecule has 1 aliphatic carbocycles. The van der Waals surface area contributed by atoms with Crippen LogP contribution in [0.25, 0.3) is 5.69 Å². The maximum absolute atomic E-state index is 13.2. The first-order chi connectivity index (χ1) is 12.1. The van der Waals surface area contributed by atoms with E-state index < -0.39 is 0 Å². The number of aromatic nitrogens is 5. The summed E-state index contributed by atoms with van der Waals surface area (Å²) >= 11 is 0. The second-order valence-corrected chi connectivity index (χ2v) is 6.22. The van der Waals surface area contributed by atoms with Gasteiger partial charge in [0.05, 0.1) is 17.1 Å². The standard InChI is InChI=1S/C17H17FN6O/c1-10-8-12(18)3-5-15(10)24-7-6-16(22-24)19-17(25)11-2-4-13-14(9-11)21-23-20-13/h3,5-8,11H,2,4,9H2,1H3,(H,19,22,25)(H,20,21,23)/t11-/m0/s1. The third-order valence-corrected chi connectivity index (χ3v) is 4.49. The molecule has 3 aromatic rings. The number of aryl methyl sites for hydroxylation is 2. The number of halogens is 1. The average Bonchev–Trinajstić information content (AvgIpc) is 3.23. The monoisotopic (exact) mass is 340 g/mol. The smallest absolute Gasteiger partial charge is 0.229 e. The number of anilines is 1. The number of H-pyrrole nitrogens is 1. The molecule has 1 amide bonds. The van der Waals surface area contributed by atoms with Crippen molar-refractivity contribution in [2.75, 3.05) is 5.32 Å². The predicted molar refractivity (Wildman–Crippen MR) is 88.8 cm³/mol. The highest BCUT2D eigenvalue weighted by molar-refractivity contribution is 5.92. The molecule has 8 heteroatoms. The number of carbonyl (C=O) groups is 1. The Hall–Kier alpha value is -3.03. The Kier molecular flexibility index (Phi) is 3.79. The molecule has 1 aliphatic rings. The van der Waals surface area contributed by atoms with Gasteiger partial charge in [0.2, 0.25) is 5.91 Å². The Morgan fingerprint density at radius 2 is 2.16 bits per heavy atom. The van der Waals surface area contributed by atoms with Crippen molar-refractivity contribution in [2.24, 2.45) is 5.92 Å². The van der Waals surface area contributed by atoms with E-state index >= 15 is 0 Å². The van der Waals surface area contributed by atoms with Gasteiger partial charge >= 0.3 is 0 Å². The first-order valence-corrected chi connectivity index (χ1v) is 8.12. The van der Waals surface area contributed by atoms with Crippen molar-refractivity contribution in [3.8, 4) is 5.69 Å². The summed E-state index contributed by atoms with van der Waals surface area (Å²) in [5.41, 5.74) is 3.35. The molecule has 0 bridgehead atoms. The molecule has 2 heterocycles. The van der Waals surface area contributed by atoms with Crippen molar-refractivity contribution < 1.29 is 9.18 Å². The molecule has 1 atom stereocenters. The van der Waals surface area contributed by atoms with Gasteiger partial charge < -0.3 is 5.32 Å². The van der Waals surface area contributed by atoms with Crippen LogP contribution in [0.2, 0.25) is 0 Å².